The average molecular weight is 424 g/mol. The van der Waals surface area contributed by atoms with Crippen molar-refractivity contribution in [3.63, 3.8) is 0 Å². The van der Waals surface area contributed by atoms with Crippen LogP contribution >= 0.6 is 27.5 Å². The van der Waals surface area contributed by atoms with Gasteiger partial charge in [-0.25, -0.2) is 4.98 Å². The molecule has 3 aromatic carbocycles. The van der Waals surface area contributed by atoms with E-state index in [1.54, 1.807) is 0 Å². The van der Waals surface area contributed by atoms with Gasteiger partial charge in [-0.05, 0) is 47.5 Å². The summed E-state index contributed by atoms with van der Waals surface area (Å²) in [7, 11) is 0. The Hall–Kier alpha value is -2.36. The predicted octanol–water partition coefficient (Wildman–Crippen LogP) is 6.93. The number of nitrogens with one attached hydrogen (secondary N) is 1. The molecule has 0 aliphatic carbocycles. The standard InChI is InChI=1S/C22H16BrClN2/c23-18-8-6-16(7-9-18)20-13-17-12-19(24)10-11-21(17)26-22(20)25-14-15-4-2-1-3-5-15/h1-13H,14H2,(H,25,26). The Bertz CT molecular complexity index is 1050. The fraction of sp³-hybridized carbons (Fsp3) is 0.0455. The van der Waals surface area contributed by atoms with Gasteiger partial charge in [0.15, 0.2) is 0 Å². The van der Waals surface area contributed by atoms with Crippen LogP contribution in [0.25, 0.3) is 22.0 Å². The molecule has 0 bridgehead atoms. The van der Waals surface area contributed by atoms with Gasteiger partial charge in [-0.1, -0.05) is 70.0 Å². The van der Waals surface area contributed by atoms with Crippen LogP contribution in [-0.2, 0) is 6.54 Å². The van der Waals surface area contributed by atoms with Crippen molar-refractivity contribution in [1.29, 1.82) is 0 Å². The van der Waals surface area contributed by atoms with Crippen LogP contribution < -0.4 is 5.32 Å². The van der Waals surface area contributed by atoms with E-state index in [4.69, 9.17) is 16.6 Å². The Morgan fingerprint density at radius 3 is 2.42 bits per heavy atom. The van der Waals surface area contributed by atoms with Gasteiger partial charge in [0.2, 0.25) is 0 Å². The van der Waals surface area contributed by atoms with Crippen LogP contribution in [0, 0.1) is 0 Å². The van der Waals surface area contributed by atoms with Gasteiger partial charge in [0, 0.05) is 27.0 Å². The number of rotatable bonds is 4. The van der Waals surface area contributed by atoms with Crippen molar-refractivity contribution in [1.82, 2.24) is 4.98 Å². The van der Waals surface area contributed by atoms with Gasteiger partial charge in [0.25, 0.3) is 0 Å². The summed E-state index contributed by atoms with van der Waals surface area (Å²) < 4.78 is 1.05. The smallest absolute Gasteiger partial charge is 0.134 e. The molecule has 128 valence electrons. The summed E-state index contributed by atoms with van der Waals surface area (Å²) in [6, 6.07) is 26.5. The number of pyridine rings is 1. The Kier molecular flexibility index (Phi) is 4.91. The molecule has 1 aromatic heterocycles. The van der Waals surface area contributed by atoms with E-state index in [-0.39, 0.29) is 0 Å². The van der Waals surface area contributed by atoms with Crippen molar-refractivity contribution < 1.29 is 0 Å². The van der Waals surface area contributed by atoms with Crippen molar-refractivity contribution in [2.24, 2.45) is 0 Å². The number of anilines is 1. The number of nitrogens with zero attached hydrogens (tertiary/aromatic N) is 1. The van der Waals surface area contributed by atoms with Gasteiger partial charge in [-0.2, -0.15) is 0 Å². The monoisotopic (exact) mass is 422 g/mol. The van der Waals surface area contributed by atoms with E-state index in [2.05, 4.69) is 51.6 Å². The van der Waals surface area contributed by atoms with Crippen LogP contribution in [0.15, 0.2) is 83.3 Å². The largest absolute Gasteiger partial charge is 0.365 e. The molecule has 0 saturated heterocycles. The summed E-state index contributed by atoms with van der Waals surface area (Å²) in [5, 5.41) is 5.24. The van der Waals surface area contributed by atoms with Crippen molar-refractivity contribution in [2.75, 3.05) is 5.32 Å². The van der Waals surface area contributed by atoms with E-state index >= 15 is 0 Å². The Morgan fingerprint density at radius 2 is 1.65 bits per heavy atom. The van der Waals surface area contributed by atoms with Crippen molar-refractivity contribution >= 4 is 44.3 Å². The molecule has 0 unspecified atom stereocenters. The van der Waals surface area contributed by atoms with E-state index < -0.39 is 0 Å². The maximum Gasteiger partial charge on any atom is 0.134 e. The van der Waals surface area contributed by atoms with Crippen molar-refractivity contribution in [3.05, 3.63) is 93.9 Å². The zero-order chi connectivity index (χ0) is 17.9. The fourth-order valence-electron chi connectivity index (χ4n) is 2.91. The third-order valence-corrected chi connectivity index (χ3v) is 5.00. The van der Waals surface area contributed by atoms with Crippen LogP contribution in [0.3, 0.4) is 0 Å². The lowest BCUT2D eigenvalue weighted by atomic mass is 10.0. The van der Waals surface area contributed by atoms with Gasteiger partial charge in [-0.15, -0.1) is 0 Å². The highest BCUT2D eigenvalue weighted by atomic mass is 79.9. The first kappa shape index (κ1) is 17.1. The van der Waals surface area contributed by atoms with Crippen LogP contribution in [0.1, 0.15) is 5.56 Å². The molecule has 4 rings (SSSR count). The summed E-state index contributed by atoms with van der Waals surface area (Å²) in [5.41, 5.74) is 4.31. The molecule has 0 radical (unpaired) electrons. The lowest BCUT2D eigenvalue weighted by molar-refractivity contribution is 1.12. The van der Waals surface area contributed by atoms with E-state index in [1.165, 1.54) is 5.56 Å². The molecule has 0 spiro atoms. The maximum absolute atomic E-state index is 6.17. The number of hydrogen-bond acceptors (Lipinski definition) is 2. The zero-order valence-electron chi connectivity index (χ0n) is 13.9. The second-order valence-electron chi connectivity index (χ2n) is 6.07. The maximum atomic E-state index is 6.17. The van der Waals surface area contributed by atoms with E-state index in [1.807, 2.05) is 48.5 Å². The minimum absolute atomic E-state index is 0.714. The zero-order valence-corrected chi connectivity index (χ0v) is 16.3. The van der Waals surface area contributed by atoms with Crippen LogP contribution in [0.5, 0.6) is 0 Å². The minimum Gasteiger partial charge on any atom is -0.365 e. The Labute approximate surface area is 166 Å². The molecule has 0 atom stereocenters. The first-order valence-electron chi connectivity index (χ1n) is 8.33. The quantitative estimate of drug-likeness (QED) is 0.385. The predicted molar refractivity (Wildman–Crippen MR) is 114 cm³/mol. The minimum atomic E-state index is 0.714. The number of hydrogen-bond donors (Lipinski definition) is 1. The summed E-state index contributed by atoms with van der Waals surface area (Å²) in [6.45, 7) is 0.719. The van der Waals surface area contributed by atoms with Gasteiger partial charge < -0.3 is 5.32 Å². The summed E-state index contributed by atoms with van der Waals surface area (Å²) in [4.78, 5) is 4.85. The normalized spacial score (nSPS) is 10.8. The lowest BCUT2D eigenvalue weighted by Gasteiger charge is -2.13. The molecule has 0 saturated carbocycles. The van der Waals surface area contributed by atoms with Gasteiger partial charge in [0.05, 0.1) is 5.52 Å². The first-order chi connectivity index (χ1) is 12.7. The van der Waals surface area contributed by atoms with E-state index in [0.29, 0.717) is 5.02 Å². The second kappa shape index (κ2) is 7.48. The SMILES string of the molecule is Clc1ccc2nc(NCc3ccccc3)c(-c3ccc(Br)cc3)cc2c1. The average Bonchev–Trinajstić information content (AvgIpc) is 2.67. The van der Waals surface area contributed by atoms with Crippen LogP contribution in [0.4, 0.5) is 5.82 Å². The molecule has 1 N–H and O–H groups in total. The topological polar surface area (TPSA) is 24.9 Å². The van der Waals surface area contributed by atoms with Crippen LogP contribution in [-0.4, -0.2) is 4.98 Å². The van der Waals surface area contributed by atoms with Gasteiger partial charge in [0.1, 0.15) is 5.82 Å². The highest BCUT2D eigenvalue weighted by Gasteiger charge is 2.10. The van der Waals surface area contributed by atoms with Crippen molar-refractivity contribution in [3.8, 4) is 11.1 Å². The molecular formula is C22H16BrClN2. The summed E-state index contributed by atoms with van der Waals surface area (Å²) in [5.74, 6) is 0.867. The number of halogens is 2. The highest BCUT2D eigenvalue weighted by molar-refractivity contribution is 9.10. The number of fused-ring (bicyclic) bond motifs is 1. The van der Waals surface area contributed by atoms with E-state index in [9.17, 15) is 0 Å². The van der Waals surface area contributed by atoms with E-state index in [0.717, 1.165) is 38.9 Å². The Balaban J connectivity index is 1.79. The lowest BCUT2D eigenvalue weighted by Crippen LogP contribution is -2.03. The highest BCUT2D eigenvalue weighted by Crippen LogP contribution is 2.32. The molecule has 4 aromatic rings. The molecule has 2 nitrogen and oxygen atoms in total. The van der Waals surface area contributed by atoms with Gasteiger partial charge in [-0.3, -0.25) is 0 Å². The van der Waals surface area contributed by atoms with Gasteiger partial charge >= 0.3 is 0 Å². The number of aromatic nitrogens is 1. The fourth-order valence-corrected chi connectivity index (χ4v) is 3.36. The molecule has 0 aliphatic rings. The Morgan fingerprint density at radius 1 is 0.885 bits per heavy atom. The molecule has 0 fully saturated rings. The third-order valence-electron chi connectivity index (χ3n) is 4.23. The molecule has 1 heterocycles. The van der Waals surface area contributed by atoms with Crippen molar-refractivity contribution in [2.45, 2.75) is 6.54 Å². The molecular weight excluding hydrogens is 408 g/mol. The molecule has 4 heteroatoms. The number of benzene rings is 3. The molecule has 0 amide bonds. The third kappa shape index (κ3) is 3.74. The second-order valence-corrected chi connectivity index (χ2v) is 7.42. The first-order valence-corrected chi connectivity index (χ1v) is 9.50. The van der Waals surface area contributed by atoms with Crippen LogP contribution in [0.2, 0.25) is 5.02 Å². The molecule has 0 aliphatic heterocycles. The summed E-state index contributed by atoms with van der Waals surface area (Å²) in [6.07, 6.45) is 0. The summed E-state index contributed by atoms with van der Waals surface area (Å²) >= 11 is 9.67. The molecule has 26 heavy (non-hydrogen) atoms.